The number of unbranched alkanes of at least 4 members (excludes halogenated alkanes) is 1. The van der Waals surface area contributed by atoms with Crippen LogP contribution in [0.2, 0.25) is 0 Å². The van der Waals surface area contributed by atoms with Gasteiger partial charge < -0.3 is 14.8 Å². The minimum atomic E-state index is -2.93. The summed E-state index contributed by atoms with van der Waals surface area (Å²) >= 11 is 0. The third-order valence-electron chi connectivity index (χ3n) is 3.66. The number of methoxy groups -OCH3 is 1. The van der Waals surface area contributed by atoms with E-state index in [2.05, 4.69) is 10.1 Å². The Kier molecular flexibility index (Phi) is 7.19. The molecule has 1 amide bonds. The summed E-state index contributed by atoms with van der Waals surface area (Å²) in [5.74, 6) is 0.553. The smallest absolute Gasteiger partial charge is 0.387 e. The van der Waals surface area contributed by atoms with Crippen molar-refractivity contribution in [3.8, 4) is 11.5 Å². The van der Waals surface area contributed by atoms with Crippen molar-refractivity contribution < 1.29 is 23.0 Å². The van der Waals surface area contributed by atoms with Gasteiger partial charge in [-0.1, -0.05) is 24.3 Å². The maximum absolute atomic E-state index is 12.4. The van der Waals surface area contributed by atoms with E-state index in [-0.39, 0.29) is 17.3 Å². The van der Waals surface area contributed by atoms with Crippen LogP contribution in [-0.2, 0) is 11.2 Å². The van der Waals surface area contributed by atoms with Crippen LogP contribution in [0.3, 0.4) is 0 Å². The Bertz CT molecular complexity index is 675. The second-order valence-electron chi connectivity index (χ2n) is 5.48. The number of para-hydroxylation sites is 2. The van der Waals surface area contributed by atoms with Gasteiger partial charge in [0.1, 0.15) is 11.5 Å². The van der Waals surface area contributed by atoms with Gasteiger partial charge in [0, 0.05) is 6.42 Å². The van der Waals surface area contributed by atoms with Gasteiger partial charge in [0.25, 0.3) is 0 Å². The second-order valence-corrected chi connectivity index (χ2v) is 5.48. The number of carbonyl (C=O) groups excluding carboxylic acids is 1. The lowest BCUT2D eigenvalue weighted by molar-refractivity contribution is -0.116. The predicted molar refractivity (Wildman–Crippen MR) is 92.3 cm³/mol. The summed E-state index contributed by atoms with van der Waals surface area (Å²) in [6.07, 6.45) is 2.74. The van der Waals surface area contributed by atoms with E-state index in [9.17, 15) is 13.6 Å². The molecule has 6 heteroatoms. The van der Waals surface area contributed by atoms with Crippen molar-refractivity contribution in [2.75, 3.05) is 12.4 Å². The predicted octanol–water partition coefficient (Wildman–Crippen LogP) is 4.65. The summed E-state index contributed by atoms with van der Waals surface area (Å²) in [6.45, 7) is -2.93. The molecule has 0 spiro atoms. The standard InChI is InChI=1S/C19H21F2NO3/c1-24-15-12-10-14(11-13-15)6-2-5-9-18(23)22-16-7-3-4-8-17(16)25-19(20)21/h3-4,7-8,10-13,19H,2,5-6,9H2,1H3,(H,22,23). The summed E-state index contributed by atoms with van der Waals surface area (Å²) in [7, 11) is 1.62. The first-order chi connectivity index (χ1) is 12.1. The molecule has 2 rings (SSSR count). The maximum atomic E-state index is 12.4. The minimum Gasteiger partial charge on any atom is -0.497 e. The Morgan fingerprint density at radius 2 is 1.80 bits per heavy atom. The van der Waals surface area contributed by atoms with E-state index in [1.165, 1.54) is 17.7 Å². The number of carbonyl (C=O) groups is 1. The maximum Gasteiger partial charge on any atom is 0.387 e. The van der Waals surface area contributed by atoms with Crippen molar-refractivity contribution >= 4 is 11.6 Å². The molecule has 4 nitrogen and oxygen atoms in total. The van der Waals surface area contributed by atoms with Gasteiger partial charge >= 0.3 is 6.61 Å². The number of ether oxygens (including phenoxy) is 2. The number of alkyl halides is 2. The molecule has 0 aliphatic rings. The molecule has 0 bridgehead atoms. The normalized spacial score (nSPS) is 10.6. The molecule has 0 aliphatic heterocycles. The van der Waals surface area contributed by atoms with Crippen LogP contribution in [0, 0.1) is 0 Å². The molecule has 0 unspecified atom stereocenters. The fourth-order valence-corrected chi connectivity index (χ4v) is 2.39. The molecule has 0 saturated heterocycles. The number of hydrogen-bond acceptors (Lipinski definition) is 3. The first-order valence-electron chi connectivity index (χ1n) is 8.05. The molecule has 2 aromatic rings. The van der Waals surface area contributed by atoms with Gasteiger partial charge in [-0.15, -0.1) is 0 Å². The zero-order chi connectivity index (χ0) is 18.1. The number of hydrogen-bond donors (Lipinski definition) is 1. The molecule has 0 heterocycles. The van der Waals surface area contributed by atoms with Crippen LogP contribution in [0.5, 0.6) is 11.5 Å². The molecule has 0 radical (unpaired) electrons. The SMILES string of the molecule is COc1ccc(CCCCC(=O)Nc2ccccc2OC(F)F)cc1. The molecule has 0 saturated carbocycles. The fourth-order valence-electron chi connectivity index (χ4n) is 2.39. The van der Waals surface area contributed by atoms with Crippen LogP contribution >= 0.6 is 0 Å². The van der Waals surface area contributed by atoms with Gasteiger partial charge in [0.15, 0.2) is 0 Å². The van der Waals surface area contributed by atoms with Crippen molar-refractivity contribution in [1.29, 1.82) is 0 Å². The average Bonchev–Trinajstić information content (AvgIpc) is 2.60. The van der Waals surface area contributed by atoms with Gasteiger partial charge in [-0.05, 0) is 49.1 Å². The van der Waals surface area contributed by atoms with E-state index >= 15 is 0 Å². The Hall–Kier alpha value is -2.63. The van der Waals surface area contributed by atoms with E-state index in [0.717, 1.165) is 18.6 Å². The number of rotatable bonds is 9. The summed E-state index contributed by atoms with van der Waals surface area (Å²) in [6, 6.07) is 14.0. The number of amides is 1. The monoisotopic (exact) mass is 349 g/mol. The van der Waals surface area contributed by atoms with Crippen LogP contribution in [0.25, 0.3) is 0 Å². The van der Waals surface area contributed by atoms with Crippen molar-refractivity contribution in [2.24, 2.45) is 0 Å². The third-order valence-corrected chi connectivity index (χ3v) is 3.66. The molecular weight excluding hydrogens is 328 g/mol. The highest BCUT2D eigenvalue weighted by Crippen LogP contribution is 2.25. The van der Waals surface area contributed by atoms with Gasteiger partial charge in [0.2, 0.25) is 5.91 Å². The van der Waals surface area contributed by atoms with E-state index in [1.807, 2.05) is 24.3 Å². The van der Waals surface area contributed by atoms with Crippen molar-refractivity contribution in [3.05, 3.63) is 54.1 Å². The first kappa shape index (κ1) is 18.7. The lowest BCUT2D eigenvalue weighted by atomic mass is 10.1. The summed E-state index contributed by atoms with van der Waals surface area (Å²) < 4.78 is 34.2. The Labute approximate surface area is 145 Å². The van der Waals surface area contributed by atoms with E-state index < -0.39 is 6.61 Å². The Balaban J connectivity index is 1.75. The highest BCUT2D eigenvalue weighted by molar-refractivity contribution is 5.92. The quantitative estimate of drug-likeness (QED) is 0.671. The highest BCUT2D eigenvalue weighted by atomic mass is 19.3. The number of benzene rings is 2. The molecule has 0 aliphatic carbocycles. The van der Waals surface area contributed by atoms with E-state index in [1.54, 1.807) is 19.2 Å². The van der Waals surface area contributed by atoms with E-state index in [0.29, 0.717) is 12.8 Å². The van der Waals surface area contributed by atoms with Crippen molar-refractivity contribution in [1.82, 2.24) is 0 Å². The number of aryl methyl sites for hydroxylation is 1. The number of anilines is 1. The van der Waals surface area contributed by atoms with Crippen molar-refractivity contribution in [3.63, 3.8) is 0 Å². The van der Waals surface area contributed by atoms with Crippen LogP contribution < -0.4 is 14.8 Å². The van der Waals surface area contributed by atoms with E-state index in [4.69, 9.17) is 4.74 Å². The molecule has 2 aromatic carbocycles. The molecule has 0 atom stereocenters. The van der Waals surface area contributed by atoms with Gasteiger partial charge in [-0.25, -0.2) is 0 Å². The summed E-state index contributed by atoms with van der Waals surface area (Å²) in [4.78, 5) is 12.0. The highest BCUT2D eigenvalue weighted by Gasteiger charge is 2.11. The van der Waals surface area contributed by atoms with Gasteiger partial charge in [0.05, 0.1) is 12.8 Å². The third kappa shape index (κ3) is 6.41. The molecule has 0 fully saturated rings. The van der Waals surface area contributed by atoms with Gasteiger partial charge in [-0.3, -0.25) is 4.79 Å². The minimum absolute atomic E-state index is 0.0379. The Morgan fingerprint density at radius 1 is 1.08 bits per heavy atom. The lowest BCUT2D eigenvalue weighted by Gasteiger charge is -2.11. The van der Waals surface area contributed by atoms with Crippen LogP contribution in [0.15, 0.2) is 48.5 Å². The fraction of sp³-hybridized carbons (Fsp3) is 0.316. The topological polar surface area (TPSA) is 47.6 Å². The molecule has 0 aromatic heterocycles. The zero-order valence-electron chi connectivity index (χ0n) is 14.0. The van der Waals surface area contributed by atoms with Crippen molar-refractivity contribution in [2.45, 2.75) is 32.3 Å². The molecule has 1 N–H and O–H groups in total. The number of halogens is 2. The zero-order valence-corrected chi connectivity index (χ0v) is 14.0. The van der Waals surface area contributed by atoms with Crippen LogP contribution in [-0.4, -0.2) is 19.6 Å². The largest absolute Gasteiger partial charge is 0.497 e. The van der Waals surface area contributed by atoms with Gasteiger partial charge in [-0.2, -0.15) is 8.78 Å². The Morgan fingerprint density at radius 3 is 2.48 bits per heavy atom. The first-order valence-corrected chi connectivity index (χ1v) is 8.05. The second kappa shape index (κ2) is 9.61. The lowest BCUT2D eigenvalue weighted by Crippen LogP contribution is -2.13. The van der Waals surface area contributed by atoms with Crippen LogP contribution in [0.4, 0.5) is 14.5 Å². The number of nitrogens with one attached hydrogen (secondary N) is 1. The summed E-state index contributed by atoms with van der Waals surface area (Å²) in [5.41, 5.74) is 1.43. The molecular formula is C19H21F2NO3. The summed E-state index contributed by atoms with van der Waals surface area (Å²) in [5, 5.41) is 2.62. The van der Waals surface area contributed by atoms with Crippen LogP contribution in [0.1, 0.15) is 24.8 Å². The molecule has 25 heavy (non-hydrogen) atoms. The molecule has 134 valence electrons. The average molecular weight is 349 g/mol.